The van der Waals surface area contributed by atoms with E-state index in [-0.39, 0.29) is 6.61 Å². The molecule has 0 bridgehead atoms. The second-order valence-corrected chi connectivity index (χ2v) is 1.30. The quantitative estimate of drug-likeness (QED) is 0.378. The third-order valence-electron chi connectivity index (χ3n) is 0.688. The number of likely N-dealkylation sites (N-methyl/N-ethyl adjacent to an activating group) is 1. The molecule has 0 aliphatic heterocycles. The largest absolute Gasteiger partial charge is 0.459 e. The van der Waals surface area contributed by atoms with Gasteiger partial charge in [-0.3, -0.25) is 4.79 Å². The van der Waals surface area contributed by atoms with Crippen LogP contribution in [0.15, 0.2) is 0 Å². The standard InChI is InChI=1S/C5H9NO3/c1-3-9-5(8)4(7)6-2/h3H2,1-2H3,(H,6,7). The zero-order valence-corrected chi connectivity index (χ0v) is 5.43. The van der Waals surface area contributed by atoms with E-state index in [0.29, 0.717) is 0 Å². The van der Waals surface area contributed by atoms with Gasteiger partial charge in [-0.2, -0.15) is 0 Å². The average Bonchev–Trinajstić information content (AvgIpc) is 1.87. The maximum atomic E-state index is 10.3. The minimum atomic E-state index is -0.833. The van der Waals surface area contributed by atoms with Crippen LogP contribution in [0.4, 0.5) is 0 Å². The predicted octanol–water partition coefficient (Wildman–Crippen LogP) is -0.705. The summed E-state index contributed by atoms with van der Waals surface area (Å²) >= 11 is 0. The van der Waals surface area contributed by atoms with Crippen molar-refractivity contribution in [3.63, 3.8) is 0 Å². The summed E-state index contributed by atoms with van der Waals surface area (Å²) in [6.07, 6.45) is 0. The zero-order chi connectivity index (χ0) is 7.28. The van der Waals surface area contributed by atoms with E-state index in [0.717, 1.165) is 0 Å². The Labute approximate surface area is 53.2 Å². The van der Waals surface area contributed by atoms with Crippen molar-refractivity contribution in [1.29, 1.82) is 0 Å². The second kappa shape index (κ2) is 3.88. The van der Waals surface area contributed by atoms with E-state index < -0.39 is 11.9 Å². The van der Waals surface area contributed by atoms with Gasteiger partial charge < -0.3 is 10.1 Å². The van der Waals surface area contributed by atoms with E-state index in [9.17, 15) is 9.59 Å². The van der Waals surface area contributed by atoms with Gasteiger partial charge in [0.1, 0.15) is 0 Å². The molecular weight excluding hydrogens is 122 g/mol. The highest BCUT2D eigenvalue weighted by Gasteiger charge is 2.10. The van der Waals surface area contributed by atoms with Crippen LogP contribution in [0, 0.1) is 0 Å². The smallest absolute Gasteiger partial charge is 0.396 e. The first kappa shape index (κ1) is 7.94. The maximum Gasteiger partial charge on any atom is 0.396 e. The Hall–Kier alpha value is -1.06. The van der Waals surface area contributed by atoms with Gasteiger partial charge in [0.15, 0.2) is 0 Å². The number of hydrogen-bond donors (Lipinski definition) is 1. The molecule has 4 nitrogen and oxygen atoms in total. The lowest BCUT2D eigenvalue weighted by Crippen LogP contribution is -2.29. The molecule has 0 spiro atoms. The molecule has 0 atom stereocenters. The summed E-state index contributed by atoms with van der Waals surface area (Å²) in [4.78, 5) is 20.7. The number of carbonyl (C=O) groups is 2. The fourth-order valence-electron chi connectivity index (χ4n) is 0.299. The van der Waals surface area contributed by atoms with Crippen molar-refractivity contribution in [3.05, 3.63) is 0 Å². The minimum absolute atomic E-state index is 0.228. The molecule has 1 amide bonds. The molecule has 0 aliphatic carbocycles. The van der Waals surface area contributed by atoms with E-state index in [2.05, 4.69) is 10.1 Å². The van der Waals surface area contributed by atoms with Gasteiger partial charge in [0.2, 0.25) is 0 Å². The summed E-state index contributed by atoms with van der Waals surface area (Å²) in [5.41, 5.74) is 0. The van der Waals surface area contributed by atoms with Crippen LogP contribution < -0.4 is 5.32 Å². The van der Waals surface area contributed by atoms with Crippen molar-refractivity contribution in [2.24, 2.45) is 0 Å². The summed E-state index contributed by atoms with van der Waals surface area (Å²) in [7, 11) is 1.37. The van der Waals surface area contributed by atoms with Gasteiger partial charge in [0, 0.05) is 7.05 Å². The molecular formula is C5H9NO3. The number of nitrogens with one attached hydrogen (secondary N) is 1. The molecule has 0 aromatic rings. The highest BCUT2D eigenvalue weighted by Crippen LogP contribution is 1.75. The molecule has 0 unspecified atom stereocenters. The lowest BCUT2D eigenvalue weighted by Gasteiger charge is -1.97. The molecule has 0 radical (unpaired) electrons. The first-order valence-electron chi connectivity index (χ1n) is 2.61. The van der Waals surface area contributed by atoms with E-state index in [4.69, 9.17) is 0 Å². The molecule has 0 aromatic carbocycles. The summed E-state index contributed by atoms with van der Waals surface area (Å²) in [5.74, 6) is -1.54. The van der Waals surface area contributed by atoms with Gasteiger partial charge in [-0.05, 0) is 6.92 Å². The van der Waals surface area contributed by atoms with Crippen LogP contribution >= 0.6 is 0 Å². The summed E-state index contributed by atoms with van der Waals surface area (Å²) in [5, 5.41) is 2.14. The first-order chi connectivity index (χ1) is 4.22. The molecule has 1 N–H and O–H groups in total. The van der Waals surface area contributed by atoms with Gasteiger partial charge in [-0.1, -0.05) is 0 Å². The highest BCUT2D eigenvalue weighted by molar-refractivity contribution is 6.32. The zero-order valence-electron chi connectivity index (χ0n) is 5.43. The van der Waals surface area contributed by atoms with Crippen LogP contribution in [0.5, 0.6) is 0 Å². The van der Waals surface area contributed by atoms with Gasteiger partial charge >= 0.3 is 11.9 Å². The molecule has 0 aliphatic rings. The minimum Gasteiger partial charge on any atom is -0.459 e. The molecule has 0 fully saturated rings. The van der Waals surface area contributed by atoms with Gasteiger partial charge in [0.05, 0.1) is 6.61 Å². The molecule has 9 heavy (non-hydrogen) atoms. The van der Waals surface area contributed by atoms with Crippen LogP contribution in [-0.2, 0) is 14.3 Å². The monoisotopic (exact) mass is 131 g/mol. The third-order valence-corrected chi connectivity index (χ3v) is 0.688. The third kappa shape index (κ3) is 2.69. The summed E-state index contributed by atoms with van der Waals surface area (Å²) in [6, 6.07) is 0. The molecule has 0 saturated carbocycles. The molecule has 0 saturated heterocycles. The summed E-state index contributed by atoms with van der Waals surface area (Å²) in [6.45, 7) is 1.87. The van der Waals surface area contributed by atoms with Crippen molar-refractivity contribution >= 4 is 11.9 Å². The van der Waals surface area contributed by atoms with E-state index in [1.807, 2.05) is 0 Å². The number of rotatable bonds is 1. The number of carbonyl (C=O) groups excluding carboxylic acids is 2. The molecule has 4 heteroatoms. The second-order valence-electron chi connectivity index (χ2n) is 1.30. The topological polar surface area (TPSA) is 55.4 Å². The fourth-order valence-corrected chi connectivity index (χ4v) is 0.299. The Balaban J connectivity index is 3.60. The lowest BCUT2D eigenvalue weighted by atomic mass is 10.6. The lowest BCUT2D eigenvalue weighted by molar-refractivity contribution is -0.154. The van der Waals surface area contributed by atoms with Crippen LogP contribution in [0.25, 0.3) is 0 Å². The van der Waals surface area contributed by atoms with E-state index in [1.165, 1.54) is 7.05 Å². The van der Waals surface area contributed by atoms with Crippen LogP contribution in [0.1, 0.15) is 6.92 Å². The van der Waals surface area contributed by atoms with Gasteiger partial charge in [-0.15, -0.1) is 0 Å². The van der Waals surface area contributed by atoms with Crippen molar-refractivity contribution in [1.82, 2.24) is 5.32 Å². The maximum absolute atomic E-state index is 10.3. The Morgan fingerprint density at radius 3 is 2.44 bits per heavy atom. The van der Waals surface area contributed by atoms with Crippen LogP contribution in [0.3, 0.4) is 0 Å². The molecule has 0 heterocycles. The SMILES string of the molecule is CCOC(=O)C(=O)NC. The normalized spacial score (nSPS) is 8.22. The van der Waals surface area contributed by atoms with E-state index >= 15 is 0 Å². The Bertz CT molecular complexity index is 121. The number of hydrogen-bond acceptors (Lipinski definition) is 3. The highest BCUT2D eigenvalue weighted by atomic mass is 16.5. The first-order valence-corrected chi connectivity index (χ1v) is 2.61. The van der Waals surface area contributed by atoms with Crippen molar-refractivity contribution in [2.75, 3.05) is 13.7 Å². The Morgan fingerprint density at radius 1 is 1.56 bits per heavy atom. The van der Waals surface area contributed by atoms with Crippen molar-refractivity contribution < 1.29 is 14.3 Å². The van der Waals surface area contributed by atoms with Crippen LogP contribution in [0.2, 0.25) is 0 Å². The van der Waals surface area contributed by atoms with Crippen molar-refractivity contribution in [3.8, 4) is 0 Å². The van der Waals surface area contributed by atoms with Gasteiger partial charge in [0.25, 0.3) is 0 Å². The van der Waals surface area contributed by atoms with E-state index in [1.54, 1.807) is 6.92 Å². The number of amides is 1. The average molecular weight is 131 g/mol. The van der Waals surface area contributed by atoms with Crippen molar-refractivity contribution in [2.45, 2.75) is 6.92 Å². The molecule has 0 aromatic heterocycles. The predicted molar refractivity (Wildman–Crippen MR) is 30.7 cm³/mol. The van der Waals surface area contributed by atoms with Gasteiger partial charge in [-0.25, -0.2) is 4.79 Å². The van der Waals surface area contributed by atoms with Crippen LogP contribution in [-0.4, -0.2) is 25.5 Å². The molecule has 0 rings (SSSR count). The fraction of sp³-hybridized carbons (Fsp3) is 0.600. The number of esters is 1. The molecule has 52 valence electrons. The summed E-state index contributed by atoms with van der Waals surface area (Å²) < 4.78 is 4.34. The number of ether oxygens (including phenoxy) is 1. The Kier molecular flexibility index (Phi) is 3.43. The Morgan fingerprint density at radius 2 is 2.11 bits per heavy atom.